The molecule has 9 heteroatoms. The van der Waals surface area contributed by atoms with Gasteiger partial charge in [-0.05, 0) is 24.6 Å². The number of nitrogens with zero attached hydrogens (tertiary/aromatic N) is 1. The van der Waals surface area contributed by atoms with Crippen LogP contribution in [0.1, 0.15) is 22.8 Å². The summed E-state index contributed by atoms with van der Waals surface area (Å²) < 4.78 is 31.7. The second-order valence-corrected chi connectivity index (χ2v) is 7.56. The number of hydrogen-bond acceptors (Lipinski definition) is 5. The molecule has 1 unspecified atom stereocenters. The Hall–Kier alpha value is -1.97. The number of nitrogens with one attached hydrogen (secondary N) is 1. The van der Waals surface area contributed by atoms with Gasteiger partial charge in [-0.25, -0.2) is 13.1 Å². The van der Waals surface area contributed by atoms with Crippen LogP contribution in [0.2, 0.25) is 0 Å². The number of hydrogen-bond donors (Lipinski definition) is 2. The lowest BCUT2D eigenvalue weighted by molar-refractivity contribution is -0.141. The third-order valence-electron chi connectivity index (χ3n) is 3.66. The summed E-state index contributed by atoms with van der Waals surface area (Å²) in [5.41, 5.74) is 0.824. The summed E-state index contributed by atoms with van der Waals surface area (Å²) in [6.07, 6.45) is 0. The quantitative estimate of drug-likeness (QED) is 0.617. The number of carbonyl (C=O) groups excluding carboxylic acids is 1. The van der Waals surface area contributed by atoms with E-state index in [-0.39, 0.29) is 30.2 Å². The van der Waals surface area contributed by atoms with Crippen LogP contribution in [-0.4, -0.2) is 64.2 Å². The Morgan fingerprint density at radius 1 is 1.36 bits per heavy atom. The zero-order valence-electron chi connectivity index (χ0n) is 14.8. The first kappa shape index (κ1) is 21.1. The molecule has 1 aromatic rings. The Bertz CT molecular complexity index is 732. The number of carboxylic acid groups (broad SMARTS) is 1. The molecule has 8 nitrogen and oxygen atoms in total. The number of carboxylic acids is 1. The van der Waals surface area contributed by atoms with E-state index in [1.54, 1.807) is 13.0 Å². The van der Waals surface area contributed by atoms with Crippen LogP contribution in [-0.2, 0) is 19.6 Å². The van der Waals surface area contributed by atoms with Gasteiger partial charge in [0.05, 0.1) is 17.4 Å². The fourth-order valence-electron chi connectivity index (χ4n) is 2.14. The van der Waals surface area contributed by atoms with Crippen LogP contribution in [0, 0.1) is 12.8 Å². The molecule has 0 saturated heterocycles. The van der Waals surface area contributed by atoms with Gasteiger partial charge in [0.15, 0.2) is 0 Å². The van der Waals surface area contributed by atoms with E-state index >= 15 is 0 Å². The molecule has 0 aliphatic carbocycles. The normalized spacial score (nSPS) is 12.6. The predicted octanol–water partition coefficient (Wildman–Crippen LogP) is 0.712. The van der Waals surface area contributed by atoms with E-state index in [0.29, 0.717) is 5.56 Å². The molecule has 25 heavy (non-hydrogen) atoms. The molecule has 0 bridgehead atoms. The number of methoxy groups -OCH3 is 1. The van der Waals surface area contributed by atoms with Gasteiger partial charge in [-0.1, -0.05) is 13.0 Å². The number of carbonyl (C=O) groups is 2. The summed E-state index contributed by atoms with van der Waals surface area (Å²) >= 11 is 0. The highest BCUT2D eigenvalue weighted by Gasteiger charge is 2.22. The van der Waals surface area contributed by atoms with E-state index in [2.05, 4.69) is 4.72 Å². The standard InChI is InChI=1S/C16H24N2O6S/c1-11-5-6-13(25(22,23)17-7-8-24-4)9-14(11)15(19)18(3)10-12(2)16(20)21/h5-6,9,12,17H,7-8,10H2,1-4H3,(H,20,21). The first-order chi connectivity index (χ1) is 11.6. The number of benzene rings is 1. The van der Waals surface area contributed by atoms with Crippen molar-refractivity contribution in [3.8, 4) is 0 Å². The lowest BCUT2D eigenvalue weighted by atomic mass is 10.1. The molecular weight excluding hydrogens is 348 g/mol. The molecule has 1 amide bonds. The Kier molecular flexibility index (Phi) is 7.53. The van der Waals surface area contributed by atoms with E-state index in [4.69, 9.17) is 9.84 Å². The zero-order chi connectivity index (χ0) is 19.2. The van der Waals surface area contributed by atoms with Crippen molar-refractivity contribution in [3.05, 3.63) is 29.3 Å². The van der Waals surface area contributed by atoms with Crippen molar-refractivity contribution in [2.75, 3.05) is 33.9 Å². The van der Waals surface area contributed by atoms with Crippen LogP contribution in [0.25, 0.3) is 0 Å². The monoisotopic (exact) mass is 372 g/mol. The highest BCUT2D eigenvalue weighted by Crippen LogP contribution is 2.17. The number of sulfonamides is 1. The lowest BCUT2D eigenvalue weighted by Gasteiger charge is -2.21. The van der Waals surface area contributed by atoms with Gasteiger partial charge in [0.25, 0.3) is 5.91 Å². The van der Waals surface area contributed by atoms with Crippen molar-refractivity contribution < 1.29 is 27.9 Å². The van der Waals surface area contributed by atoms with Crippen molar-refractivity contribution in [1.29, 1.82) is 0 Å². The van der Waals surface area contributed by atoms with Gasteiger partial charge in [-0.3, -0.25) is 9.59 Å². The van der Waals surface area contributed by atoms with Crippen molar-refractivity contribution >= 4 is 21.9 Å². The molecule has 0 spiro atoms. The highest BCUT2D eigenvalue weighted by atomic mass is 32.2. The van der Waals surface area contributed by atoms with Gasteiger partial charge in [0.2, 0.25) is 10.0 Å². The van der Waals surface area contributed by atoms with E-state index in [1.807, 2.05) is 0 Å². The van der Waals surface area contributed by atoms with Crippen LogP contribution < -0.4 is 4.72 Å². The van der Waals surface area contributed by atoms with Crippen molar-refractivity contribution in [3.63, 3.8) is 0 Å². The molecule has 1 atom stereocenters. The summed E-state index contributed by atoms with van der Waals surface area (Å²) in [5, 5.41) is 8.96. The van der Waals surface area contributed by atoms with Gasteiger partial charge < -0.3 is 14.7 Å². The maximum atomic E-state index is 12.6. The number of rotatable bonds is 9. The predicted molar refractivity (Wildman–Crippen MR) is 92.0 cm³/mol. The molecule has 0 aromatic heterocycles. The Balaban J connectivity index is 3.04. The molecule has 2 N–H and O–H groups in total. The first-order valence-electron chi connectivity index (χ1n) is 7.67. The average Bonchev–Trinajstić information content (AvgIpc) is 2.54. The molecule has 0 saturated carbocycles. The van der Waals surface area contributed by atoms with E-state index in [0.717, 1.165) is 0 Å². The fourth-order valence-corrected chi connectivity index (χ4v) is 3.18. The molecule has 140 valence electrons. The SMILES string of the molecule is COCCNS(=O)(=O)c1ccc(C)c(C(=O)N(C)CC(C)C(=O)O)c1. The van der Waals surface area contributed by atoms with Crippen LogP contribution in [0.3, 0.4) is 0 Å². The van der Waals surface area contributed by atoms with Crippen LogP contribution in [0.4, 0.5) is 0 Å². The van der Waals surface area contributed by atoms with E-state index in [1.165, 1.54) is 38.1 Å². The number of ether oxygens (including phenoxy) is 1. The van der Waals surface area contributed by atoms with Crippen molar-refractivity contribution in [2.24, 2.45) is 5.92 Å². The van der Waals surface area contributed by atoms with E-state index in [9.17, 15) is 18.0 Å². The number of amides is 1. The third kappa shape index (κ3) is 5.80. The van der Waals surface area contributed by atoms with Crippen LogP contribution >= 0.6 is 0 Å². The van der Waals surface area contributed by atoms with Crippen molar-refractivity contribution in [1.82, 2.24) is 9.62 Å². The van der Waals surface area contributed by atoms with Gasteiger partial charge in [-0.2, -0.15) is 0 Å². The lowest BCUT2D eigenvalue weighted by Crippen LogP contribution is -2.34. The topological polar surface area (TPSA) is 113 Å². The first-order valence-corrected chi connectivity index (χ1v) is 9.16. The number of aryl methyl sites for hydroxylation is 1. The number of aliphatic carboxylic acids is 1. The van der Waals surface area contributed by atoms with Crippen molar-refractivity contribution in [2.45, 2.75) is 18.7 Å². The average molecular weight is 372 g/mol. The van der Waals surface area contributed by atoms with E-state index < -0.39 is 27.8 Å². The molecule has 1 aromatic carbocycles. The van der Waals surface area contributed by atoms with Gasteiger partial charge in [-0.15, -0.1) is 0 Å². The second-order valence-electron chi connectivity index (χ2n) is 5.79. The Morgan fingerprint density at radius 2 is 2.00 bits per heavy atom. The largest absolute Gasteiger partial charge is 0.481 e. The molecule has 0 aliphatic heterocycles. The minimum Gasteiger partial charge on any atom is -0.481 e. The summed E-state index contributed by atoms with van der Waals surface area (Å²) in [4.78, 5) is 24.7. The van der Waals surface area contributed by atoms with Gasteiger partial charge in [0.1, 0.15) is 0 Å². The summed E-state index contributed by atoms with van der Waals surface area (Å²) in [7, 11) is -0.814. The summed E-state index contributed by atoms with van der Waals surface area (Å²) in [6, 6.07) is 4.27. The minimum atomic E-state index is -3.76. The zero-order valence-corrected chi connectivity index (χ0v) is 15.6. The van der Waals surface area contributed by atoms with Gasteiger partial charge >= 0.3 is 5.97 Å². The molecular formula is C16H24N2O6S. The highest BCUT2D eigenvalue weighted by molar-refractivity contribution is 7.89. The fraction of sp³-hybridized carbons (Fsp3) is 0.500. The van der Waals surface area contributed by atoms with Crippen LogP contribution in [0.15, 0.2) is 23.1 Å². The van der Waals surface area contributed by atoms with Gasteiger partial charge in [0, 0.05) is 32.8 Å². The molecule has 0 heterocycles. The maximum absolute atomic E-state index is 12.6. The smallest absolute Gasteiger partial charge is 0.308 e. The summed E-state index contributed by atoms with van der Waals surface area (Å²) in [5.74, 6) is -2.16. The Labute approximate surface area is 147 Å². The second kappa shape index (κ2) is 8.93. The minimum absolute atomic E-state index is 0.0245. The molecule has 0 aliphatic rings. The Morgan fingerprint density at radius 3 is 2.56 bits per heavy atom. The van der Waals surface area contributed by atoms with Crippen LogP contribution in [0.5, 0.6) is 0 Å². The third-order valence-corrected chi connectivity index (χ3v) is 5.12. The maximum Gasteiger partial charge on any atom is 0.308 e. The molecule has 1 rings (SSSR count). The summed E-state index contributed by atoms with van der Waals surface area (Å²) in [6.45, 7) is 3.56. The molecule has 0 radical (unpaired) electrons. The molecule has 0 fully saturated rings.